The Labute approximate surface area is 110 Å². The lowest BCUT2D eigenvalue weighted by Crippen LogP contribution is -2.25. The Kier molecular flexibility index (Phi) is 4.47. The number of hydrogen-bond donors (Lipinski definition) is 1. The summed E-state index contributed by atoms with van der Waals surface area (Å²) >= 11 is 5.94. The number of halogens is 1. The normalized spacial score (nSPS) is 17.4. The molecule has 1 unspecified atom stereocenters. The van der Waals surface area contributed by atoms with Crippen molar-refractivity contribution in [2.24, 2.45) is 11.8 Å². The molecule has 0 aliphatic heterocycles. The SMILES string of the molecule is CC(C)CCNC(c1ccc(Cl)cc1)C1CC1. The van der Waals surface area contributed by atoms with Crippen LogP contribution in [0.2, 0.25) is 5.02 Å². The highest BCUT2D eigenvalue weighted by atomic mass is 35.5. The molecule has 1 aromatic rings. The number of nitrogens with one attached hydrogen (secondary N) is 1. The highest BCUT2D eigenvalue weighted by molar-refractivity contribution is 6.30. The van der Waals surface area contributed by atoms with Gasteiger partial charge >= 0.3 is 0 Å². The summed E-state index contributed by atoms with van der Waals surface area (Å²) in [5.74, 6) is 1.61. The molecule has 0 bridgehead atoms. The average Bonchev–Trinajstić information content (AvgIpc) is 3.10. The third-order valence-electron chi connectivity index (χ3n) is 3.41. The van der Waals surface area contributed by atoms with Gasteiger partial charge in [-0.3, -0.25) is 0 Å². The van der Waals surface area contributed by atoms with Gasteiger partial charge in [-0.15, -0.1) is 0 Å². The number of hydrogen-bond acceptors (Lipinski definition) is 1. The second-order valence-corrected chi connectivity index (χ2v) is 5.94. The van der Waals surface area contributed by atoms with Crippen molar-refractivity contribution in [3.05, 3.63) is 34.9 Å². The third kappa shape index (κ3) is 4.01. The summed E-state index contributed by atoms with van der Waals surface area (Å²) in [4.78, 5) is 0. The Hall–Kier alpha value is -0.530. The van der Waals surface area contributed by atoms with Gasteiger partial charge < -0.3 is 5.32 Å². The molecule has 0 aromatic heterocycles. The lowest BCUT2D eigenvalue weighted by atomic mass is 10.0. The largest absolute Gasteiger partial charge is 0.310 e. The van der Waals surface area contributed by atoms with E-state index >= 15 is 0 Å². The molecule has 0 heterocycles. The Morgan fingerprint density at radius 1 is 1.24 bits per heavy atom. The predicted octanol–water partition coefficient (Wildman–Crippen LogP) is 4.43. The Morgan fingerprint density at radius 2 is 1.88 bits per heavy atom. The minimum atomic E-state index is 0.533. The fraction of sp³-hybridized carbons (Fsp3) is 0.600. The van der Waals surface area contributed by atoms with E-state index in [2.05, 4.69) is 31.3 Å². The molecule has 1 aliphatic rings. The van der Waals surface area contributed by atoms with Crippen LogP contribution in [0, 0.1) is 11.8 Å². The summed E-state index contributed by atoms with van der Waals surface area (Å²) in [6.07, 6.45) is 3.97. The van der Waals surface area contributed by atoms with Crippen LogP contribution in [0.15, 0.2) is 24.3 Å². The molecule has 2 heteroatoms. The summed E-state index contributed by atoms with van der Waals surface area (Å²) in [6, 6.07) is 8.85. The van der Waals surface area contributed by atoms with Crippen molar-refractivity contribution in [3.63, 3.8) is 0 Å². The molecule has 0 spiro atoms. The van der Waals surface area contributed by atoms with Crippen molar-refractivity contribution in [2.75, 3.05) is 6.54 Å². The van der Waals surface area contributed by atoms with Crippen LogP contribution in [0.1, 0.15) is 44.7 Å². The lowest BCUT2D eigenvalue weighted by molar-refractivity contribution is 0.446. The van der Waals surface area contributed by atoms with Crippen LogP contribution in [-0.4, -0.2) is 6.54 Å². The molecule has 17 heavy (non-hydrogen) atoms. The lowest BCUT2D eigenvalue weighted by Gasteiger charge is -2.19. The van der Waals surface area contributed by atoms with Crippen molar-refractivity contribution < 1.29 is 0 Å². The summed E-state index contributed by atoms with van der Waals surface area (Å²) in [6.45, 7) is 5.66. The zero-order valence-electron chi connectivity index (χ0n) is 10.7. The molecular formula is C15H22ClN. The van der Waals surface area contributed by atoms with Crippen molar-refractivity contribution >= 4 is 11.6 Å². The van der Waals surface area contributed by atoms with E-state index in [1.54, 1.807) is 0 Å². The third-order valence-corrected chi connectivity index (χ3v) is 3.66. The molecule has 1 aliphatic carbocycles. The maximum atomic E-state index is 5.94. The zero-order valence-corrected chi connectivity index (χ0v) is 11.5. The van der Waals surface area contributed by atoms with Gasteiger partial charge in [0, 0.05) is 11.1 Å². The van der Waals surface area contributed by atoms with Crippen molar-refractivity contribution in [1.29, 1.82) is 0 Å². The average molecular weight is 252 g/mol. The van der Waals surface area contributed by atoms with Gasteiger partial charge in [0.1, 0.15) is 0 Å². The molecule has 0 saturated heterocycles. The van der Waals surface area contributed by atoms with Gasteiger partial charge in [0.15, 0.2) is 0 Å². The molecule has 0 radical (unpaired) electrons. The molecule has 94 valence electrons. The first-order valence-corrected chi connectivity index (χ1v) is 7.03. The van der Waals surface area contributed by atoms with Crippen LogP contribution in [0.25, 0.3) is 0 Å². The van der Waals surface area contributed by atoms with E-state index < -0.39 is 0 Å². The van der Waals surface area contributed by atoms with Crippen LogP contribution in [0.4, 0.5) is 0 Å². The molecule has 2 rings (SSSR count). The monoisotopic (exact) mass is 251 g/mol. The van der Waals surface area contributed by atoms with E-state index in [0.29, 0.717) is 6.04 Å². The second-order valence-electron chi connectivity index (χ2n) is 5.50. The molecule has 1 saturated carbocycles. The summed E-state index contributed by atoms with van der Waals surface area (Å²) < 4.78 is 0. The maximum absolute atomic E-state index is 5.94. The quantitative estimate of drug-likeness (QED) is 0.789. The van der Waals surface area contributed by atoms with Gasteiger partial charge in [0.2, 0.25) is 0 Å². The Morgan fingerprint density at radius 3 is 2.41 bits per heavy atom. The van der Waals surface area contributed by atoms with Crippen LogP contribution in [0.3, 0.4) is 0 Å². The van der Waals surface area contributed by atoms with Crippen LogP contribution in [-0.2, 0) is 0 Å². The van der Waals surface area contributed by atoms with E-state index in [-0.39, 0.29) is 0 Å². The van der Waals surface area contributed by atoms with Crippen molar-refractivity contribution in [1.82, 2.24) is 5.32 Å². The van der Waals surface area contributed by atoms with Crippen LogP contribution >= 0.6 is 11.6 Å². The Balaban J connectivity index is 1.94. The van der Waals surface area contributed by atoms with Crippen LogP contribution < -0.4 is 5.32 Å². The standard InChI is InChI=1S/C15H22ClN/c1-11(2)9-10-17-15(12-3-4-12)13-5-7-14(16)8-6-13/h5-8,11-12,15,17H,3-4,9-10H2,1-2H3. The molecular weight excluding hydrogens is 230 g/mol. The van der Waals surface area contributed by atoms with Crippen LogP contribution in [0.5, 0.6) is 0 Å². The van der Waals surface area contributed by atoms with E-state index in [9.17, 15) is 0 Å². The topological polar surface area (TPSA) is 12.0 Å². The molecule has 1 atom stereocenters. The number of rotatable bonds is 6. The first kappa shape index (κ1) is 12.9. The molecule has 1 nitrogen and oxygen atoms in total. The van der Waals surface area contributed by atoms with Crippen molar-refractivity contribution in [2.45, 2.75) is 39.2 Å². The van der Waals surface area contributed by atoms with E-state index in [4.69, 9.17) is 11.6 Å². The molecule has 0 amide bonds. The van der Waals surface area contributed by atoms with E-state index in [1.165, 1.54) is 24.8 Å². The molecule has 1 fully saturated rings. The maximum Gasteiger partial charge on any atom is 0.0406 e. The van der Waals surface area contributed by atoms with Gasteiger partial charge in [-0.05, 0) is 55.3 Å². The predicted molar refractivity (Wildman–Crippen MR) is 74.4 cm³/mol. The summed E-state index contributed by atoms with van der Waals surface area (Å²) in [7, 11) is 0. The summed E-state index contributed by atoms with van der Waals surface area (Å²) in [5, 5.41) is 4.53. The second kappa shape index (κ2) is 5.88. The number of benzene rings is 1. The highest BCUT2D eigenvalue weighted by Crippen LogP contribution is 2.41. The van der Waals surface area contributed by atoms with Gasteiger partial charge in [0.25, 0.3) is 0 Å². The molecule has 1 aromatic carbocycles. The van der Waals surface area contributed by atoms with Gasteiger partial charge in [-0.25, -0.2) is 0 Å². The van der Waals surface area contributed by atoms with E-state index in [0.717, 1.165) is 23.4 Å². The summed E-state index contributed by atoms with van der Waals surface area (Å²) in [5.41, 5.74) is 1.39. The minimum Gasteiger partial charge on any atom is -0.310 e. The Bertz CT molecular complexity index is 340. The first-order chi connectivity index (χ1) is 8.16. The van der Waals surface area contributed by atoms with E-state index in [1.807, 2.05) is 12.1 Å². The molecule has 1 N–H and O–H groups in total. The zero-order chi connectivity index (χ0) is 12.3. The minimum absolute atomic E-state index is 0.533. The highest BCUT2D eigenvalue weighted by Gasteiger charge is 2.31. The van der Waals surface area contributed by atoms with Gasteiger partial charge in [0.05, 0.1) is 0 Å². The first-order valence-electron chi connectivity index (χ1n) is 6.65. The van der Waals surface area contributed by atoms with Gasteiger partial charge in [-0.2, -0.15) is 0 Å². The van der Waals surface area contributed by atoms with Crippen molar-refractivity contribution in [3.8, 4) is 0 Å². The van der Waals surface area contributed by atoms with Gasteiger partial charge in [-0.1, -0.05) is 37.6 Å². The fourth-order valence-corrected chi connectivity index (χ4v) is 2.31. The fourth-order valence-electron chi connectivity index (χ4n) is 2.18. The smallest absolute Gasteiger partial charge is 0.0406 e.